The number of aryl methyl sites for hydroxylation is 3. The monoisotopic (exact) mass is 326 g/mol. The number of rotatable bonds is 5. The van der Waals surface area contributed by atoms with E-state index in [1.54, 1.807) is 31.2 Å². The fourth-order valence-electron chi connectivity index (χ4n) is 2.56. The number of hydrogen-bond acceptors (Lipinski definition) is 3. The molecule has 0 aliphatic heterocycles. The molecular formula is C19H22N2O3. The molecule has 0 radical (unpaired) electrons. The number of carbonyl (C=O) groups is 2. The first kappa shape index (κ1) is 17.5. The lowest BCUT2D eigenvalue weighted by Gasteiger charge is -2.17. The number of anilines is 1. The van der Waals surface area contributed by atoms with Crippen LogP contribution in [0.5, 0.6) is 5.75 Å². The Morgan fingerprint density at radius 3 is 2.08 bits per heavy atom. The predicted molar refractivity (Wildman–Crippen MR) is 94.3 cm³/mol. The third kappa shape index (κ3) is 4.13. The Kier molecular flexibility index (Phi) is 5.24. The molecule has 0 heterocycles. The summed E-state index contributed by atoms with van der Waals surface area (Å²) in [5.74, 6) is -0.235. The van der Waals surface area contributed by atoms with Gasteiger partial charge in [0, 0.05) is 11.3 Å². The summed E-state index contributed by atoms with van der Waals surface area (Å²) >= 11 is 0. The molecule has 0 spiro atoms. The van der Waals surface area contributed by atoms with Crippen molar-refractivity contribution in [1.29, 1.82) is 0 Å². The highest BCUT2D eigenvalue weighted by molar-refractivity contribution is 5.95. The van der Waals surface area contributed by atoms with Crippen LogP contribution < -0.4 is 15.8 Å². The van der Waals surface area contributed by atoms with Crippen LogP contribution >= 0.6 is 0 Å². The first-order valence-electron chi connectivity index (χ1n) is 7.73. The van der Waals surface area contributed by atoms with E-state index in [0.717, 1.165) is 22.4 Å². The normalized spacial score (nSPS) is 11.7. The van der Waals surface area contributed by atoms with Crippen LogP contribution in [0.3, 0.4) is 0 Å². The summed E-state index contributed by atoms with van der Waals surface area (Å²) in [6, 6.07) is 10.4. The maximum Gasteiger partial charge on any atom is 0.265 e. The molecule has 1 atom stereocenters. The molecule has 2 aromatic rings. The van der Waals surface area contributed by atoms with Gasteiger partial charge in [-0.2, -0.15) is 0 Å². The predicted octanol–water partition coefficient (Wildman–Crippen LogP) is 3.12. The average Bonchev–Trinajstić information content (AvgIpc) is 2.51. The number of carbonyl (C=O) groups excluding carboxylic acids is 2. The van der Waals surface area contributed by atoms with Gasteiger partial charge in [0.25, 0.3) is 5.91 Å². The minimum Gasteiger partial charge on any atom is -0.481 e. The lowest BCUT2D eigenvalue weighted by atomic mass is 10.0. The summed E-state index contributed by atoms with van der Waals surface area (Å²) in [6.45, 7) is 7.62. The van der Waals surface area contributed by atoms with Crippen molar-refractivity contribution in [2.75, 3.05) is 5.32 Å². The summed E-state index contributed by atoms with van der Waals surface area (Å²) in [5.41, 5.74) is 9.58. The minimum atomic E-state index is -0.676. The molecule has 0 saturated heterocycles. The molecule has 0 fully saturated rings. The zero-order valence-corrected chi connectivity index (χ0v) is 14.3. The van der Waals surface area contributed by atoms with E-state index in [1.807, 2.05) is 32.9 Å². The van der Waals surface area contributed by atoms with E-state index in [9.17, 15) is 9.59 Å². The van der Waals surface area contributed by atoms with Crippen molar-refractivity contribution in [2.24, 2.45) is 5.73 Å². The number of amides is 2. The molecule has 0 saturated carbocycles. The molecule has 5 heteroatoms. The van der Waals surface area contributed by atoms with Crippen LogP contribution in [0.15, 0.2) is 36.4 Å². The van der Waals surface area contributed by atoms with E-state index >= 15 is 0 Å². The van der Waals surface area contributed by atoms with Gasteiger partial charge < -0.3 is 15.8 Å². The van der Waals surface area contributed by atoms with Crippen LogP contribution in [-0.2, 0) is 4.79 Å². The van der Waals surface area contributed by atoms with Crippen LogP contribution in [-0.4, -0.2) is 17.9 Å². The number of primary amides is 1. The van der Waals surface area contributed by atoms with Gasteiger partial charge in [0.1, 0.15) is 5.75 Å². The Balaban J connectivity index is 2.06. The van der Waals surface area contributed by atoms with Crippen molar-refractivity contribution in [3.63, 3.8) is 0 Å². The standard InChI is InChI=1S/C19H22N2O3/c1-11-9-12(2)17(13(3)10-11)21-19(23)14(4)24-16-7-5-15(6-8-16)18(20)22/h5-10,14H,1-4H3,(H2,20,22)(H,21,23)/t14-/m0/s1. The number of benzene rings is 2. The van der Waals surface area contributed by atoms with Gasteiger partial charge in [-0.05, 0) is 63.1 Å². The van der Waals surface area contributed by atoms with Crippen molar-refractivity contribution in [1.82, 2.24) is 0 Å². The topological polar surface area (TPSA) is 81.4 Å². The Morgan fingerprint density at radius 1 is 1.04 bits per heavy atom. The van der Waals surface area contributed by atoms with Crippen LogP contribution in [0.2, 0.25) is 0 Å². The maximum atomic E-state index is 12.4. The Labute approximate surface area is 141 Å². The Morgan fingerprint density at radius 2 is 1.58 bits per heavy atom. The second-order valence-electron chi connectivity index (χ2n) is 5.91. The van der Waals surface area contributed by atoms with Gasteiger partial charge >= 0.3 is 0 Å². The van der Waals surface area contributed by atoms with Crippen LogP contribution in [0, 0.1) is 20.8 Å². The van der Waals surface area contributed by atoms with E-state index in [4.69, 9.17) is 10.5 Å². The van der Waals surface area contributed by atoms with Crippen molar-refractivity contribution in [2.45, 2.75) is 33.8 Å². The van der Waals surface area contributed by atoms with E-state index in [-0.39, 0.29) is 5.91 Å². The minimum absolute atomic E-state index is 0.232. The van der Waals surface area contributed by atoms with Gasteiger partial charge in [-0.25, -0.2) is 0 Å². The molecule has 2 amide bonds. The fraction of sp³-hybridized carbons (Fsp3) is 0.263. The summed E-state index contributed by atoms with van der Waals surface area (Å²) in [6.07, 6.45) is -0.676. The van der Waals surface area contributed by atoms with Crippen molar-refractivity contribution in [3.8, 4) is 5.75 Å². The van der Waals surface area contributed by atoms with E-state index in [2.05, 4.69) is 5.32 Å². The van der Waals surface area contributed by atoms with E-state index < -0.39 is 12.0 Å². The molecule has 2 aromatic carbocycles. The van der Waals surface area contributed by atoms with Crippen molar-refractivity contribution < 1.29 is 14.3 Å². The molecule has 126 valence electrons. The highest BCUT2D eigenvalue weighted by Gasteiger charge is 2.17. The zero-order chi connectivity index (χ0) is 17.9. The van der Waals surface area contributed by atoms with Gasteiger partial charge in [0.2, 0.25) is 5.91 Å². The SMILES string of the molecule is Cc1cc(C)c(NC(=O)[C@H](C)Oc2ccc(C(N)=O)cc2)c(C)c1. The summed E-state index contributed by atoms with van der Waals surface area (Å²) in [4.78, 5) is 23.4. The average molecular weight is 326 g/mol. The Bertz CT molecular complexity index is 744. The number of hydrogen-bond donors (Lipinski definition) is 2. The van der Waals surface area contributed by atoms with Crippen LogP contribution in [0.4, 0.5) is 5.69 Å². The second-order valence-corrected chi connectivity index (χ2v) is 5.91. The maximum absolute atomic E-state index is 12.4. The van der Waals surface area contributed by atoms with E-state index in [0.29, 0.717) is 11.3 Å². The summed E-state index contributed by atoms with van der Waals surface area (Å²) < 4.78 is 5.62. The third-order valence-corrected chi connectivity index (χ3v) is 3.75. The lowest BCUT2D eigenvalue weighted by molar-refractivity contribution is -0.122. The number of nitrogens with two attached hydrogens (primary N) is 1. The Hall–Kier alpha value is -2.82. The molecular weight excluding hydrogens is 304 g/mol. The first-order chi connectivity index (χ1) is 11.3. The highest BCUT2D eigenvalue weighted by atomic mass is 16.5. The van der Waals surface area contributed by atoms with Gasteiger partial charge in [0.05, 0.1) is 0 Å². The van der Waals surface area contributed by atoms with Gasteiger partial charge in [-0.15, -0.1) is 0 Å². The van der Waals surface area contributed by atoms with Gasteiger partial charge in [-0.1, -0.05) is 17.7 Å². The molecule has 0 aliphatic rings. The molecule has 0 aliphatic carbocycles. The van der Waals surface area contributed by atoms with Crippen molar-refractivity contribution in [3.05, 3.63) is 58.7 Å². The molecule has 0 bridgehead atoms. The number of ether oxygens (including phenoxy) is 1. The molecule has 0 unspecified atom stereocenters. The summed E-state index contributed by atoms with van der Waals surface area (Å²) in [5, 5.41) is 2.92. The van der Waals surface area contributed by atoms with Gasteiger partial charge in [-0.3, -0.25) is 9.59 Å². The third-order valence-electron chi connectivity index (χ3n) is 3.75. The largest absolute Gasteiger partial charge is 0.481 e. The molecule has 3 N–H and O–H groups in total. The van der Waals surface area contributed by atoms with Crippen molar-refractivity contribution >= 4 is 17.5 Å². The summed E-state index contributed by atoms with van der Waals surface area (Å²) in [7, 11) is 0. The second kappa shape index (κ2) is 7.17. The molecule has 5 nitrogen and oxygen atoms in total. The van der Waals surface area contributed by atoms with E-state index in [1.165, 1.54) is 0 Å². The highest BCUT2D eigenvalue weighted by Crippen LogP contribution is 2.22. The quantitative estimate of drug-likeness (QED) is 0.886. The molecule has 2 rings (SSSR count). The van der Waals surface area contributed by atoms with Crippen LogP contribution in [0.25, 0.3) is 0 Å². The fourth-order valence-corrected chi connectivity index (χ4v) is 2.56. The van der Waals surface area contributed by atoms with Crippen LogP contribution in [0.1, 0.15) is 34.0 Å². The van der Waals surface area contributed by atoms with Gasteiger partial charge in [0.15, 0.2) is 6.10 Å². The smallest absolute Gasteiger partial charge is 0.265 e. The zero-order valence-electron chi connectivity index (χ0n) is 14.3. The molecule has 24 heavy (non-hydrogen) atoms. The molecule has 0 aromatic heterocycles. The lowest BCUT2D eigenvalue weighted by Crippen LogP contribution is -2.30. The first-order valence-corrected chi connectivity index (χ1v) is 7.73. The number of nitrogens with one attached hydrogen (secondary N) is 1.